The number of amides is 1. The lowest BCUT2D eigenvalue weighted by Crippen LogP contribution is -2.30. The van der Waals surface area contributed by atoms with Crippen molar-refractivity contribution in [2.75, 3.05) is 17.6 Å². The van der Waals surface area contributed by atoms with Gasteiger partial charge in [-0.15, -0.1) is 11.3 Å². The molecular weight excluding hydrogens is 458 g/mol. The van der Waals surface area contributed by atoms with E-state index in [1.54, 1.807) is 13.0 Å². The standard InChI is InChI=1S/C23H29N5O3S2/c1-3-33(30,31)18-5-4-17(25-11-18)10-21(29)27-22-26-19-13-28(14-20(19)32-22)12-16-6-8-23(2,15-24)9-7-16/h4-5,11,16H,3,6-10,12-14H2,1-2H3,(H,26,27,29). The summed E-state index contributed by atoms with van der Waals surface area (Å²) in [4.78, 5) is 24.9. The molecule has 1 aliphatic heterocycles. The van der Waals surface area contributed by atoms with E-state index in [1.165, 1.54) is 28.5 Å². The lowest BCUT2D eigenvalue weighted by atomic mass is 9.72. The van der Waals surface area contributed by atoms with Crippen molar-refractivity contribution >= 4 is 32.2 Å². The second kappa shape index (κ2) is 9.49. The predicted molar refractivity (Wildman–Crippen MR) is 126 cm³/mol. The quantitative estimate of drug-likeness (QED) is 0.635. The smallest absolute Gasteiger partial charge is 0.232 e. The summed E-state index contributed by atoms with van der Waals surface area (Å²) in [5.41, 5.74) is 1.39. The van der Waals surface area contributed by atoms with Gasteiger partial charge < -0.3 is 5.32 Å². The van der Waals surface area contributed by atoms with E-state index in [-0.39, 0.29) is 28.4 Å². The molecule has 0 atom stereocenters. The SMILES string of the molecule is CCS(=O)(=O)c1ccc(CC(=O)Nc2nc3c(s2)CN(CC2CCC(C)(C#N)CC2)C3)nc1. The molecular formula is C23H29N5O3S2. The van der Waals surface area contributed by atoms with Gasteiger partial charge in [0.05, 0.1) is 34.2 Å². The van der Waals surface area contributed by atoms with Crippen LogP contribution in [0.15, 0.2) is 23.2 Å². The topological polar surface area (TPSA) is 116 Å². The van der Waals surface area contributed by atoms with Gasteiger partial charge >= 0.3 is 0 Å². The van der Waals surface area contributed by atoms with Gasteiger partial charge in [0, 0.05) is 36.4 Å². The third-order valence-electron chi connectivity index (χ3n) is 6.64. The summed E-state index contributed by atoms with van der Waals surface area (Å²) in [6.07, 6.45) is 5.52. The fourth-order valence-corrected chi connectivity index (χ4v) is 6.30. The number of rotatable bonds is 7. The molecule has 0 spiro atoms. The molecule has 1 N–H and O–H groups in total. The van der Waals surface area contributed by atoms with Crippen molar-refractivity contribution in [1.82, 2.24) is 14.9 Å². The molecule has 1 fully saturated rings. The number of nitrogens with one attached hydrogen (secondary N) is 1. The van der Waals surface area contributed by atoms with Gasteiger partial charge in [0.25, 0.3) is 0 Å². The summed E-state index contributed by atoms with van der Waals surface area (Å²) in [6, 6.07) is 5.54. The molecule has 1 saturated carbocycles. The maximum absolute atomic E-state index is 12.4. The number of fused-ring (bicyclic) bond motifs is 1. The van der Waals surface area contributed by atoms with E-state index in [0.29, 0.717) is 16.7 Å². The van der Waals surface area contributed by atoms with Gasteiger partial charge in [-0.2, -0.15) is 5.26 Å². The molecule has 176 valence electrons. The first kappa shape index (κ1) is 23.8. The molecule has 4 rings (SSSR count). The third kappa shape index (κ3) is 5.60. The minimum Gasteiger partial charge on any atom is -0.302 e. The highest BCUT2D eigenvalue weighted by atomic mass is 32.2. The average molecular weight is 488 g/mol. The van der Waals surface area contributed by atoms with Gasteiger partial charge in [-0.05, 0) is 50.7 Å². The van der Waals surface area contributed by atoms with Crippen LogP contribution in [0.25, 0.3) is 0 Å². The summed E-state index contributed by atoms with van der Waals surface area (Å²) in [6.45, 7) is 6.33. The lowest BCUT2D eigenvalue weighted by Gasteiger charge is -2.33. The Morgan fingerprint density at radius 3 is 2.70 bits per heavy atom. The van der Waals surface area contributed by atoms with Crippen molar-refractivity contribution in [3.05, 3.63) is 34.6 Å². The highest BCUT2D eigenvalue weighted by Gasteiger charge is 2.33. The van der Waals surface area contributed by atoms with Gasteiger partial charge in [0.1, 0.15) is 0 Å². The second-order valence-corrected chi connectivity index (χ2v) is 12.6. The van der Waals surface area contributed by atoms with Gasteiger partial charge in [-0.3, -0.25) is 14.7 Å². The number of carbonyl (C=O) groups is 1. The zero-order valence-corrected chi connectivity index (χ0v) is 20.6. The monoisotopic (exact) mass is 487 g/mol. The van der Waals surface area contributed by atoms with E-state index in [1.807, 2.05) is 0 Å². The number of carbonyl (C=O) groups excluding carboxylic acids is 1. The molecule has 0 radical (unpaired) electrons. The number of aromatic nitrogens is 2. The Hall–Kier alpha value is -2.35. The molecule has 8 nitrogen and oxygen atoms in total. The zero-order valence-electron chi connectivity index (χ0n) is 19.0. The largest absolute Gasteiger partial charge is 0.302 e. The van der Waals surface area contributed by atoms with Crippen molar-refractivity contribution in [2.24, 2.45) is 11.3 Å². The van der Waals surface area contributed by atoms with Gasteiger partial charge in [0.2, 0.25) is 5.91 Å². The molecule has 2 aromatic heterocycles. The number of anilines is 1. The molecule has 10 heteroatoms. The van der Waals surface area contributed by atoms with E-state index in [4.69, 9.17) is 0 Å². The summed E-state index contributed by atoms with van der Waals surface area (Å²) < 4.78 is 23.8. The van der Waals surface area contributed by atoms with E-state index in [0.717, 1.165) is 51.0 Å². The minimum absolute atomic E-state index is 0.0158. The van der Waals surface area contributed by atoms with Crippen LogP contribution in [0, 0.1) is 22.7 Å². The molecule has 0 unspecified atom stereocenters. The van der Waals surface area contributed by atoms with Crippen LogP contribution in [-0.2, 0) is 34.1 Å². The van der Waals surface area contributed by atoms with Crippen molar-refractivity contribution in [3.63, 3.8) is 0 Å². The number of sulfone groups is 1. The van der Waals surface area contributed by atoms with Crippen LogP contribution in [0.3, 0.4) is 0 Å². The van der Waals surface area contributed by atoms with Gasteiger partial charge in [-0.25, -0.2) is 13.4 Å². The van der Waals surface area contributed by atoms with Gasteiger partial charge in [0.15, 0.2) is 15.0 Å². The van der Waals surface area contributed by atoms with Crippen LogP contribution < -0.4 is 5.32 Å². The minimum atomic E-state index is -3.30. The van der Waals surface area contributed by atoms with E-state index in [9.17, 15) is 18.5 Å². The fraction of sp³-hybridized carbons (Fsp3) is 0.565. The highest BCUT2D eigenvalue weighted by Crippen LogP contribution is 2.39. The Balaban J connectivity index is 1.26. The number of pyridine rings is 1. The molecule has 0 bridgehead atoms. The first-order valence-corrected chi connectivity index (χ1v) is 13.8. The van der Waals surface area contributed by atoms with Crippen LogP contribution in [0.5, 0.6) is 0 Å². The molecule has 0 aromatic carbocycles. The molecule has 3 heterocycles. The number of nitriles is 1. The number of nitrogens with zero attached hydrogens (tertiary/aromatic N) is 4. The molecule has 2 aliphatic rings. The first-order chi connectivity index (χ1) is 15.7. The van der Waals surface area contributed by atoms with E-state index < -0.39 is 9.84 Å². The van der Waals surface area contributed by atoms with Crippen molar-refractivity contribution < 1.29 is 13.2 Å². The first-order valence-electron chi connectivity index (χ1n) is 11.3. The van der Waals surface area contributed by atoms with Crippen LogP contribution in [0.1, 0.15) is 55.8 Å². The molecule has 1 aliphatic carbocycles. The second-order valence-electron chi connectivity index (χ2n) is 9.29. The number of hydrogen-bond acceptors (Lipinski definition) is 8. The lowest BCUT2D eigenvalue weighted by molar-refractivity contribution is -0.115. The average Bonchev–Trinajstić information content (AvgIpc) is 3.33. The van der Waals surface area contributed by atoms with Crippen LogP contribution in [0.4, 0.5) is 5.13 Å². The predicted octanol–water partition coefficient (Wildman–Crippen LogP) is 3.55. The van der Waals surface area contributed by atoms with E-state index >= 15 is 0 Å². The molecule has 0 saturated heterocycles. The van der Waals surface area contributed by atoms with Crippen molar-refractivity contribution in [1.29, 1.82) is 5.26 Å². The Labute approximate surface area is 199 Å². The summed E-state index contributed by atoms with van der Waals surface area (Å²) >= 11 is 1.51. The Bertz CT molecular complexity index is 1140. The third-order valence-corrected chi connectivity index (χ3v) is 9.36. The van der Waals surface area contributed by atoms with Gasteiger partial charge in [-0.1, -0.05) is 6.92 Å². The maximum atomic E-state index is 12.4. The number of hydrogen-bond donors (Lipinski definition) is 1. The van der Waals surface area contributed by atoms with Crippen LogP contribution in [0.2, 0.25) is 0 Å². The van der Waals surface area contributed by atoms with Crippen molar-refractivity contribution in [2.45, 2.75) is 63.9 Å². The highest BCUT2D eigenvalue weighted by molar-refractivity contribution is 7.91. The van der Waals surface area contributed by atoms with E-state index in [2.05, 4.69) is 33.2 Å². The number of thiazole rings is 1. The van der Waals surface area contributed by atoms with Crippen LogP contribution >= 0.6 is 11.3 Å². The Kier molecular flexibility index (Phi) is 6.84. The summed E-state index contributed by atoms with van der Waals surface area (Å²) in [5.74, 6) is 0.425. The van der Waals surface area contributed by atoms with Crippen molar-refractivity contribution in [3.8, 4) is 6.07 Å². The Morgan fingerprint density at radius 1 is 1.33 bits per heavy atom. The Morgan fingerprint density at radius 2 is 2.09 bits per heavy atom. The summed E-state index contributed by atoms with van der Waals surface area (Å²) in [7, 11) is -3.30. The molecule has 33 heavy (non-hydrogen) atoms. The fourth-order valence-electron chi connectivity index (χ4n) is 4.45. The normalized spacial score (nSPS) is 23.1. The molecule has 1 amide bonds. The molecule has 2 aromatic rings. The maximum Gasteiger partial charge on any atom is 0.232 e. The van der Waals surface area contributed by atoms with Crippen LogP contribution in [-0.4, -0.2) is 41.5 Å². The zero-order chi connectivity index (χ0) is 23.6. The summed E-state index contributed by atoms with van der Waals surface area (Å²) in [5, 5.41) is 12.8.